The van der Waals surface area contributed by atoms with E-state index in [0.717, 1.165) is 24.7 Å². The quantitative estimate of drug-likeness (QED) is 0.740. The van der Waals surface area contributed by atoms with E-state index in [2.05, 4.69) is 23.7 Å². The first-order chi connectivity index (χ1) is 9.19. The lowest BCUT2D eigenvalue weighted by Crippen LogP contribution is -2.42. The van der Waals surface area contributed by atoms with E-state index in [4.69, 9.17) is 0 Å². The summed E-state index contributed by atoms with van der Waals surface area (Å²) in [6.45, 7) is 6.71. The van der Waals surface area contributed by atoms with E-state index in [0.29, 0.717) is 12.0 Å². The Balaban J connectivity index is 0.00000147. The largest absolute Gasteiger partial charge is 0.300 e. The monoisotopic (exact) mass is 261 g/mol. The highest BCUT2D eigenvalue weighted by molar-refractivity contribution is 5.88. The summed E-state index contributed by atoms with van der Waals surface area (Å²) >= 11 is 0. The number of fused-ring (bicyclic) bond motifs is 1. The van der Waals surface area contributed by atoms with Crippen LogP contribution in [0.25, 0.3) is 0 Å². The maximum atomic E-state index is 13.2. The van der Waals surface area contributed by atoms with Crippen LogP contribution in [0.15, 0.2) is 40.2 Å². The predicted molar refractivity (Wildman–Crippen MR) is 78.6 cm³/mol. The number of halogens is 1. The summed E-state index contributed by atoms with van der Waals surface area (Å²) in [6.07, 6.45) is 9.32. The van der Waals surface area contributed by atoms with Crippen molar-refractivity contribution in [1.82, 2.24) is 4.90 Å². The van der Waals surface area contributed by atoms with Gasteiger partial charge >= 0.3 is 0 Å². The van der Waals surface area contributed by atoms with Gasteiger partial charge in [-0.25, -0.2) is 4.39 Å². The second-order valence-corrected chi connectivity index (χ2v) is 5.59. The molecule has 0 saturated carbocycles. The summed E-state index contributed by atoms with van der Waals surface area (Å²) in [4.78, 5) is 6.89. The van der Waals surface area contributed by atoms with Crippen LogP contribution in [0.2, 0.25) is 0 Å². The Labute approximate surface area is 115 Å². The summed E-state index contributed by atoms with van der Waals surface area (Å²) in [5.74, 6) is 0.330. The van der Waals surface area contributed by atoms with Crippen molar-refractivity contribution in [2.45, 2.75) is 32.7 Å². The molecule has 1 saturated heterocycles. The molecule has 2 atom stereocenters. The van der Waals surface area contributed by atoms with Gasteiger partial charge in [-0.3, -0.25) is 4.99 Å². The number of rotatable bonds is 2. The topological polar surface area (TPSA) is 15.6 Å². The Bertz CT molecular complexity index is 493. The number of aliphatic imine (C=N–C) groups is 1. The minimum Gasteiger partial charge on any atom is -0.300 e. The second kappa shape index (κ2) is 5.04. The molecule has 0 N–H and O–H groups in total. The SMILES string of the molecule is CCN1C[C@@H](C2=C3C=CC(F)=C[C]3N=C2)CC[C@H]1C.[HH]. The van der Waals surface area contributed by atoms with Crippen LogP contribution in [0.4, 0.5) is 4.39 Å². The highest BCUT2D eigenvalue weighted by atomic mass is 19.1. The fraction of sp³-hybridized carbons (Fsp3) is 0.500. The van der Waals surface area contributed by atoms with Gasteiger partial charge in [0.1, 0.15) is 11.9 Å². The molecule has 1 aliphatic carbocycles. The summed E-state index contributed by atoms with van der Waals surface area (Å²) in [6, 6.07) is 1.46. The lowest BCUT2D eigenvalue weighted by atomic mass is 9.84. The molecule has 0 aromatic carbocycles. The van der Waals surface area contributed by atoms with E-state index in [9.17, 15) is 4.39 Å². The fourth-order valence-corrected chi connectivity index (χ4v) is 3.26. The molecule has 2 heterocycles. The molecule has 19 heavy (non-hydrogen) atoms. The smallest absolute Gasteiger partial charge is 0.140 e. The van der Waals surface area contributed by atoms with Crippen molar-refractivity contribution in [3.8, 4) is 0 Å². The lowest BCUT2D eigenvalue weighted by Gasteiger charge is -2.37. The molecular weight excluding hydrogens is 239 g/mol. The normalized spacial score (nSPS) is 31.8. The Morgan fingerprint density at radius 2 is 2.26 bits per heavy atom. The van der Waals surface area contributed by atoms with Gasteiger partial charge in [0.05, 0.1) is 0 Å². The third kappa shape index (κ3) is 2.32. The number of hydrogen-bond donors (Lipinski definition) is 0. The Hall–Kier alpha value is -1.22. The van der Waals surface area contributed by atoms with Crippen molar-refractivity contribution in [3.63, 3.8) is 0 Å². The number of likely N-dealkylation sites (tertiary alicyclic amines) is 1. The molecule has 0 amide bonds. The van der Waals surface area contributed by atoms with Crippen LogP contribution in [0, 0.1) is 12.0 Å². The van der Waals surface area contributed by atoms with E-state index in [1.165, 1.54) is 30.6 Å². The zero-order valence-corrected chi connectivity index (χ0v) is 11.6. The molecule has 0 unspecified atom stereocenters. The number of hydrogen-bond acceptors (Lipinski definition) is 2. The van der Waals surface area contributed by atoms with Crippen LogP contribution in [0.3, 0.4) is 0 Å². The maximum absolute atomic E-state index is 13.2. The molecule has 0 spiro atoms. The first-order valence-corrected chi connectivity index (χ1v) is 7.14. The van der Waals surface area contributed by atoms with E-state index in [1.54, 1.807) is 0 Å². The molecule has 0 bridgehead atoms. The summed E-state index contributed by atoms with van der Waals surface area (Å²) < 4.78 is 13.2. The van der Waals surface area contributed by atoms with Crippen molar-refractivity contribution in [3.05, 3.63) is 41.2 Å². The molecule has 1 radical (unpaired) electrons. The average molecular weight is 261 g/mol. The van der Waals surface area contributed by atoms with Crippen LogP contribution in [-0.4, -0.2) is 30.2 Å². The molecule has 1 fully saturated rings. The fourth-order valence-electron chi connectivity index (χ4n) is 3.26. The molecule has 2 aliphatic heterocycles. The molecule has 3 rings (SSSR count). The van der Waals surface area contributed by atoms with Gasteiger partial charge in [0, 0.05) is 20.2 Å². The minimum atomic E-state index is -0.204. The summed E-state index contributed by atoms with van der Waals surface area (Å²) in [7, 11) is 0. The maximum Gasteiger partial charge on any atom is 0.140 e. The van der Waals surface area contributed by atoms with Crippen LogP contribution in [0.1, 0.15) is 28.1 Å². The average Bonchev–Trinajstić information content (AvgIpc) is 2.82. The second-order valence-electron chi connectivity index (χ2n) is 5.59. The van der Waals surface area contributed by atoms with Crippen molar-refractivity contribution in [2.75, 3.05) is 13.1 Å². The Morgan fingerprint density at radius 1 is 1.42 bits per heavy atom. The summed E-state index contributed by atoms with van der Waals surface area (Å²) in [5, 5.41) is 0. The molecule has 2 nitrogen and oxygen atoms in total. The third-order valence-electron chi connectivity index (χ3n) is 4.47. The molecule has 103 valence electrons. The first-order valence-electron chi connectivity index (χ1n) is 7.14. The van der Waals surface area contributed by atoms with E-state index in [1.807, 2.05) is 12.3 Å². The lowest BCUT2D eigenvalue weighted by molar-refractivity contribution is 0.140. The number of nitrogens with zero attached hydrogens (tertiary/aromatic N) is 2. The van der Waals surface area contributed by atoms with Gasteiger partial charge in [-0.15, -0.1) is 0 Å². The van der Waals surface area contributed by atoms with Crippen molar-refractivity contribution >= 4 is 6.21 Å². The highest BCUT2D eigenvalue weighted by Gasteiger charge is 2.31. The van der Waals surface area contributed by atoms with Crippen LogP contribution >= 0.6 is 0 Å². The Kier molecular flexibility index (Phi) is 3.40. The van der Waals surface area contributed by atoms with Gasteiger partial charge in [-0.05, 0) is 55.5 Å². The number of piperidine rings is 1. The van der Waals surface area contributed by atoms with E-state index >= 15 is 0 Å². The predicted octanol–water partition coefficient (Wildman–Crippen LogP) is 3.69. The first kappa shape index (κ1) is 12.8. The van der Waals surface area contributed by atoms with Crippen LogP contribution in [-0.2, 0) is 0 Å². The third-order valence-corrected chi connectivity index (χ3v) is 4.47. The van der Waals surface area contributed by atoms with Crippen LogP contribution < -0.4 is 0 Å². The zero-order chi connectivity index (χ0) is 13.4. The van der Waals surface area contributed by atoms with E-state index < -0.39 is 0 Å². The zero-order valence-electron chi connectivity index (χ0n) is 11.6. The molecule has 3 heteroatoms. The standard InChI is InChI=1S/C16H20FN2.H2/c1-3-19-10-12(5-4-11(19)2)15-9-18-16-8-13(17)6-7-14(15)16;/h6-9,11-12H,3-5,10H2,1-2H3;1H/t11-,12+;/m1./s1. The van der Waals surface area contributed by atoms with Crippen molar-refractivity contribution in [2.24, 2.45) is 10.9 Å². The molecule has 3 aliphatic rings. The van der Waals surface area contributed by atoms with Gasteiger partial charge in [0.25, 0.3) is 0 Å². The van der Waals surface area contributed by atoms with Gasteiger partial charge < -0.3 is 4.90 Å². The Morgan fingerprint density at radius 3 is 3.05 bits per heavy atom. The minimum absolute atomic E-state index is 0. The van der Waals surface area contributed by atoms with Gasteiger partial charge in [-0.2, -0.15) is 0 Å². The van der Waals surface area contributed by atoms with Crippen molar-refractivity contribution in [1.29, 1.82) is 0 Å². The highest BCUT2D eigenvalue weighted by Crippen LogP contribution is 2.38. The molecule has 0 aromatic rings. The van der Waals surface area contributed by atoms with Gasteiger partial charge in [-0.1, -0.05) is 13.0 Å². The molecule has 0 aromatic heterocycles. The molecular formula is C16H22FN2. The van der Waals surface area contributed by atoms with Crippen molar-refractivity contribution < 1.29 is 5.82 Å². The van der Waals surface area contributed by atoms with Crippen LogP contribution in [0.5, 0.6) is 0 Å². The summed E-state index contributed by atoms with van der Waals surface area (Å²) in [5.41, 5.74) is 2.41. The van der Waals surface area contributed by atoms with Gasteiger partial charge in [0.15, 0.2) is 0 Å². The van der Waals surface area contributed by atoms with Gasteiger partial charge in [0.2, 0.25) is 0 Å². The van der Waals surface area contributed by atoms with E-state index in [-0.39, 0.29) is 7.25 Å². The number of allylic oxidation sites excluding steroid dienone is 2.